The lowest BCUT2D eigenvalue weighted by molar-refractivity contribution is 0.325. The maximum atomic E-state index is 6.49. The third-order valence-corrected chi connectivity index (χ3v) is 19.1. The molecule has 7 nitrogen and oxygen atoms in total. The molecule has 2 aromatic carbocycles. The Morgan fingerprint density at radius 1 is 0.270 bits per heavy atom. The first-order valence-electron chi connectivity index (χ1n) is 38.0. The number of hydrogen-bond donors (Lipinski definition) is 0. The van der Waals surface area contributed by atoms with Crippen LogP contribution in [0.1, 0.15) is 417 Å². The predicted molar refractivity (Wildman–Crippen MR) is 441 cm³/mol. The third kappa shape index (κ3) is 19.0. The van der Waals surface area contributed by atoms with Gasteiger partial charge in [0.25, 0.3) is 0 Å². The summed E-state index contributed by atoms with van der Waals surface area (Å²) in [6, 6.07) is 14.2. The van der Waals surface area contributed by atoms with E-state index in [9.17, 15) is 0 Å². The van der Waals surface area contributed by atoms with Gasteiger partial charge in [-0.05, 0) is 150 Å². The fourth-order valence-electron chi connectivity index (χ4n) is 14.2. The van der Waals surface area contributed by atoms with Crippen molar-refractivity contribution in [3.8, 4) is 0 Å². The summed E-state index contributed by atoms with van der Waals surface area (Å²) in [6.45, 7) is 109. The van der Waals surface area contributed by atoms with Gasteiger partial charge in [0.15, 0.2) is 0 Å². The molecular weight excluding hydrogens is 1220 g/mol. The summed E-state index contributed by atoms with van der Waals surface area (Å²) < 4.78 is 17.3. The highest BCUT2D eigenvalue weighted by Crippen LogP contribution is 2.49. The van der Waals surface area contributed by atoms with E-state index in [2.05, 4.69) is 384 Å². The van der Waals surface area contributed by atoms with E-state index in [-0.39, 0.29) is 86.8 Å². The van der Waals surface area contributed by atoms with Gasteiger partial charge in [-0.1, -0.05) is 312 Å². The molecule has 0 aliphatic rings. The van der Waals surface area contributed by atoms with Crippen LogP contribution in [0.4, 0.5) is 0 Å². The van der Waals surface area contributed by atoms with Crippen LogP contribution in [0.25, 0.3) is 38.5 Å². The topological polar surface area (TPSA) is 74.3 Å². The second-order valence-corrected chi connectivity index (χ2v) is 46.5. The van der Waals surface area contributed by atoms with Crippen LogP contribution < -0.4 is 0 Å². The van der Waals surface area contributed by atoms with Crippen molar-refractivity contribution in [1.82, 2.24) is 24.4 Å². The van der Waals surface area contributed by atoms with Gasteiger partial charge in [-0.25, -0.2) is 9.50 Å². The van der Waals surface area contributed by atoms with Crippen LogP contribution in [0.5, 0.6) is 0 Å². The molecule has 0 saturated carbocycles. The number of benzene rings is 2. The van der Waals surface area contributed by atoms with Crippen molar-refractivity contribution in [2.45, 2.75) is 419 Å². The van der Waals surface area contributed by atoms with Crippen LogP contribution in [0.2, 0.25) is 0 Å². The molecule has 8 rings (SSSR count). The summed E-state index contributed by atoms with van der Waals surface area (Å²) in [5, 5.41) is 13.9. The molecule has 0 fully saturated rings. The third-order valence-electron chi connectivity index (χ3n) is 19.1. The minimum Gasteiger partial charge on any atom is -0.460 e. The Hall–Kier alpha value is -5.17. The van der Waals surface area contributed by atoms with Crippen molar-refractivity contribution in [3.63, 3.8) is 0 Å². The number of nitrogens with zero attached hydrogens (tertiary/aromatic N) is 5. The zero-order valence-electron chi connectivity index (χ0n) is 74.1. The van der Waals surface area contributed by atoms with E-state index in [1.54, 1.807) is 0 Å². The summed E-state index contributed by atoms with van der Waals surface area (Å²) in [5.41, 5.74) is 22.4. The number of pyridine rings is 2. The van der Waals surface area contributed by atoms with Crippen LogP contribution in [0.3, 0.4) is 0 Å². The van der Waals surface area contributed by atoms with Gasteiger partial charge in [0.1, 0.15) is 17.1 Å². The zero-order chi connectivity index (χ0) is 78.3. The standard InChI is InChI=1S/C24H38O.2C23H38N2.C23H37NO/c1-21(2,3)16-13-15-18(14-17(16)22(4,5)6)25-20(24(10,11)12)19(15)23(7,8)9;1-20(2,3)15-13-17-18(22(7,8)9)19(23(10,11)12)24-25(17)14-16(15)21(4,5)6;1-20(2,3)16-13-15-18(14-17(16)21(4,5)6)24-25(23(10,11)12)19(15)22(7,8)9;1-20(2,3)15-13-14-16(21(4,5)6)18(23(10,11)12)25-19(14)24-17(15)22(7,8)9/h3*13-14H,1-12H3;13H,1-12H3. The monoisotopic (exact) mass is 1370 g/mol. The van der Waals surface area contributed by atoms with Crippen molar-refractivity contribution >= 4 is 38.5 Å². The predicted octanol–water partition coefficient (Wildman–Crippen LogP) is 27.8. The number of rotatable bonds is 0. The molecule has 0 amide bonds. The van der Waals surface area contributed by atoms with Gasteiger partial charge in [-0.3, -0.25) is 4.68 Å². The molecule has 0 N–H and O–H groups in total. The Kier molecular flexibility index (Phi) is 22.6. The van der Waals surface area contributed by atoms with Gasteiger partial charge in [0.05, 0.1) is 33.7 Å². The van der Waals surface area contributed by atoms with Crippen molar-refractivity contribution in [2.75, 3.05) is 0 Å². The summed E-state index contributed by atoms with van der Waals surface area (Å²) in [5.74, 6) is 2.19. The first-order valence-corrected chi connectivity index (χ1v) is 38.0. The number of furan rings is 2. The molecule has 0 bridgehead atoms. The summed E-state index contributed by atoms with van der Waals surface area (Å²) in [7, 11) is 0. The second-order valence-electron chi connectivity index (χ2n) is 46.5. The lowest BCUT2D eigenvalue weighted by Crippen LogP contribution is -2.30. The van der Waals surface area contributed by atoms with Gasteiger partial charge in [0, 0.05) is 66.1 Å². The van der Waals surface area contributed by atoms with Gasteiger partial charge in [-0.15, -0.1) is 0 Å². The molecule has 0 unspecified atom stereocenters. The zero-order valence-corrected chi connectivity index (χ0v) is 74.1. The fourth-order valence-corrected chi connectivity index (χ4v) is 14.2. The van der Waals surface area contributed by atoms with Crippen molar-refractivity contribution < 1.29 is 8.83 Å². The molecule has 0 spiro atoms. The molecule has 0 saturated heterocycles. The van der Waals surface area contributed by atoms with E-state index >= 15 is 0 Å². The molecule has 100 heavy (non-hydrogen) atoms. The molecule has 6 heterocycles. The lowest BCUT2D eigenvalue weighted by atomic mass is 9.73. The minimum atomic E-state index is -0.0485. The SMILES string of the molecule is CC(C)(C)c1cc2c(C(C)(C)C)c(C(C)(C)C)nn2cc1C(C)(C)C.CC(C)(C)c1cc2c(C(C)(C)C)c(C(C)(C)C)oc2nc1C(C)(C)C.CC(C)(C)c1cc2nn(C(C)(C)C)c(C(C)(C)C)c2cc1C(C)(C)C.CC(C)(C)c1cc2oc(C(C)(C)C)c(C(C)(C)C)c2cc1C(C)(C)C. The Bertz CT molecular complexity index is 3620. The highest BCUT2D eigenvalue weighted by Gasteiger charge is 2.40. The summed E-state index contributed by atoms with van der Waals surface area (Å²) in [6.07, 6.45) is 2.28. The van der Waals surface area contributed by atoms with E-state index in [0.29, 0.717) is 0 Å². The Morgan fingerprint density at radius 3 is 0.960 bits per heavy atom. The fraction of sp³-hybridized carbons (Fsp3) is 0.688. The van der Waals surface area contributed by atoms with Crippen LogP contribution in [0, 0.1) is 0 Å². The van der Waals surface area contributed by atoms with Crippen LogP contribution >= 0.6 is 0 Å². The maximum Gasteiger partial charge on any atom is 0.226 e. The first kappa shape index (κ1) is 85.5. The van der Waals surface area contributed by atoms with E-state index in [4.69, 9.17) is 24.0 Å². The second kappa shape index (κ2) is 26.5. The molecular formula is C93H151N5O2. The normalized spacial score (nSPS) is 14.4. The number of fused-ring (bicyclic) bond motifs is 4. The first-order chi connectivity index (χ1) is 43.8. The van der Waals surface area contributed by atoms with Gasteiger partial charge in [0.2, 0.25) is 5.71 Å². The Labute approximate surface area is 614 Å². The van der Waals surface area contributed by atoms with Crippen LogP contribution in [-0.4, -0.2) is 24.4 Å². The summed E-state index contributed by atoms with van der Waals surface area (Å²) >= 11 is 0. The average Bonchev–Trinajstić information content (AvgIpc) is 1.61. The Balaban J connectivity index is 0.000000240. The minimum absolute atomic E-state index is 0.00788. The summed E-state index contributed by atoms with van der Waals surface area (Å²) in [4.78, 5) is 5.05. The van der Waals surface area contributed by atoms with E-state index < -0.39 is 0 Å². The van der Waals surface area contributed by atoms with Gasteiger partial charge >= 0.3 is 0 Å². The van der Waals surface area contributed by atoms with Gasteiger partial charge < -0.3 is 8.83 Å². The number of aromatic nitrogens is 5. The molecule has 0 atom stereocenters. The Morgan fingerprint density at radius 2 is 0.610 bits per heavy atom. The van der Waals surface area contributed by atoms with Crippen molar-refractivity contribution in [3.05, 3.63) is 127 Å². The van der Waals surface area contributed by atoms with Crippen LogP contribution in [-0.2, 0) is 86.8 Å². The lowest BCUT2D eigenvalue weighted by Gasteiger charge is -2.31. The van der Waals surface area contributed by atoms with E-state index in [0.717, 1.165) is 34.0 Å². The molecule has 0 aliphatic carbocycles. The maximum absolute atomic E-state index is 6.49. The largest absolute Gasteiger partial charge is 0.460 e. The van der Waals surface area contributed by atoms with Crippen molar-refractivity contribution in [2.24, 2.45) is 0 Å². The molecule has 7 heteroatoms. The molecule has 8 aromatic rings. The van der Waals surface area contributed by atoms with Crippen LogP contribution in [0.15, 0.2) is 51.4 Å². The average molecular weight is 1370 g/mol. The van der Waals surface area contributed by atoms with Crippen molar-refractivity contribution in [1.29, 1.82) is 0 Å². The molecule has 6 aromatic heterocycles. The highest BCUT2D eigenvalue weighted by molar-refractivity contribution is 5.87. The smallest absolute Gasteiger partial charge is 0.226 e. The molecule has 0 aliphatic heterocycles. The van der Waals surface area contributed by atoms with E-state index in [1.807, 2.05) is 0 Å². The quantitative estimate of drug-likeness (QED) is 0.151. The van der Waals surface area contributed by atoms with E-state index in [1.165, 1.54) is 88.7 Å². The highest BCUT2D eigenvalue weighted by atomic mass is 16.3. The van der Waals surface area contributed by atoms with Gasteiger partial charge in [-0.2, -0.15) is 10.2 Å². The molecule has 0 radical (unpaired) electrons. The molecule has 560 valence electrons. The number of hydrogen-bond acceptors (Lipinski definition) is 5.